The molecule has 0 atom stereocenters. The average Bonchev–Trinajstić information content (AvgIpc) is 2.46. The molecule has 1 heterocycles. The highest BCUT2D eigenvalue weighted by molar-refractivity contribution is 8.00. The molecule has 0 aromatic heterocycles. The summed E-state index contributed by atoms with van der Waals surface area (Å²) in [6.45, 7) is 0.641. The van der Waals surface area contributed by atoms with Crippen LogP contribution < -0.4 is 0 Å². The van der Waals surface area contributed by atoms with Gasteiger partial charge in [0.05, 0.1) is 11.0 Å². The molecule has 1 fully saturated rings. The molecule has 0 N–H and O–H groups in total. The Labute approximate surface area is 139 Å². The van der Waals surface area contributed by atoms with E-state index in [1.807, 2.05) is 6.26 Å². The van der Waals surface area contributed by atoms with Crippen LogP contribution in [-0.2, 0) is 10.0 Å². The van der Waals surface area contributed by atoms with Gasteiger partial charge < -0.3 is 0 Å². The van der Waals surface area contributed by atoms with Crippen LogP contribution in [0.25, 0.3) is 0 Å². The van der Waals surface area contributed by atoms with Crippen LogP contribution in [-0.4, -0.2) is 36.8 Å². The van der Waals surface area contributed by atoms with E-state index in [-0.39, 0.29) is 14.9 Å². The second kappa shape index (κ2) is 6.35. The number of nitriles is 1. The Hall–Kier alpha value is -0.450. The standard InChI is InChI=1S/C13H14Cl2N2O2S2/c1-20-13(9-16)2-4-17(5-3-13)21(18,19)12-7-10(14)6-11(15)8-12/h6-8H,2-5H2,1H3. The van der Waals surface area contributed by atoms with Gasteiger partial charge in [-0.25, -0.2) is 8.42 Å². The molecule has 1 aromatic carbocycles. The van der Waals surface area contributed by atoms with Gasteiger partial charge in [0, 0.05) is 23.1 Å². The van der Waals surface area contributed by atoms with E-state index in [9.17, 15) is 13.7 Å². The lowest BCUT2D eigenvalue weighted by Crippen LogP contribution is -2.44. The van der Waals surface area contributed by atoms with Crippen LogP contribution in [0.1, 0.15) is 12.8 Å². The third-order valence-electron chi connectivity index (χ3n) is 3.60. The highest BCUT2D eigenvalue weighted by Crippen LogP contribution is 2.36. The van der Waals surface area contributed by atoms with Crippen LogP contribution in [0.5, 0.6) is 0 Å². The Morgan fingerprint density at radius 2 is 1.76 bits per heavy atom. The third-order valence-corrected chi connectivity index (χ3v) is 7.19. The fourth-order valence-corrected chi connectivity index (χ4v) is 5.13. The number of hydrogen-bond donors (Lipinski definition) is 0. The van der Waals surface area contributed by atoms with Crippen molar-refractivity contribution in [3.63, 3.8) is 0 Å². The minimum atomic E-state index is -3.63. The van der Waals surface area contributed by atoms with Crippen LogP contribution in [0, 0.1) is 11.3 Å². The van der Waals surface area contributed by atoms with Crippen LogP contribution >= 0.6 is 35.0 Å². The van der Waals surface area contributed by atoms with Crippen LogP contribution in [0.15, 0.2) is 23.1 Å². The molecule has 1 aromatic rings. The molecular formula is C13H14Cl2N2O2S2. The van der Waals surface area contributed by atoms with Gasteiger partial charge in [-0.3, -0.25) is 0 Å². The summed E-state index contributed by atoms with van der Waals surface area (Å²) >= 11 is 13.2. The fraction of sp³-hybridized carbons (Fsp3) is 0.462. The zero-order valence-electron chi connectivity index (χ0n) is 11.3. The number of benzene rings is 1. The molecule has 0 saturated carbocycles. The summed E-state index contributed by atoms with van der Waals surface area (Å²) in [6.07, 6.45) is 2.90. The van der Waals surface area contributed by atoms with E-state index in [0.717, 1.165) is 0 Å². The largest absolute Gasteiger partial charge is 0.243 e. The highest BCUT2D eigenvalue weighted by atomic mass is 35.5. The first kappa shape index (κ1) is 16.9. The molecule has 4 nitrogen and oxygen atoms in total. The van der Waals surface area contributed by atoms with Gasteiger partial charge in [0.15, 0.2) is 0 Å². The summed E-state index contributed by atoms with van der Waals surface area (Å²) in [7, 11) is -3.63. The van der Waals surface area contributed by atoms with Gasteiger partial charge in [0.2, 0.25) is 10.0 Å². The van der Waals surface area contributed by atoms with E-state index in [4.69, 9.17) is 23.2 Å². The molecule has 2 rings (SSSR count). The molecule has 0 radical (unpaired) electrons. The minimum absolute atomic E-state index is 0.0913. The van der Waals surface area contributed by atoms with Crippen molar-refractivity contribution in [2.24, 2.45) is 0 Å². The van der Waals surface area contributed by atoms with E-state index in [0.29, 0.717) is 25.9 Å². The second-order valence-electron chi connectivity index (χ2n) is 4.82. The fourth-order valence-electron chi connectivity index (χ4n) is 2.28. The van der Waals surface area contributed by atoms with E-state index in [2.05, 4.69) is 6.07 Å². The zero-order chi connectivity index (χ0) is 15.7. The summed E-state index contributed by atoms with van der Waals surface area (Å²) < 4.78 is 26.1. The van der Waals surface area contributed by atoms with E-state index in [1.165, 1.54) is 34.3 Å². The van der Waals surface area contributed by atoms with Gasteiger partial charge in [0.1, 0.15) is 4.75 Å². The van der Waals surface area contributed by atoms with Crippen LogP contribution in [0.3, 0.4) is 0 Å². The van der Waals surface area contributed by atoms with Crippen molar-refractivity contribution in [3.05, 3.63) is 28.2 Å². The van der Waals surface area contributed by atoms with Crippen molar-refractivity contribution in [1.29, 1.82) is 5.26 Å². The highest BCUT2D eigenvalue weighted by Gasteiger charge is 2.38. The van der Waals surface area contributed by atoms with Gasteiger partial charge in [-0.15, -0.1) is 11.8 Å². The molecular weight excluding hydrogens is 351 g/mol. The number of halogens is 2. The Balaban J connectivity index is 2.25. The van der Waals surface area contributed by atoms with Gasteiger partial charge in [0.25, 0.3) is 0 Å². The SMILES string of the molecule is CSC1(C#N)CCN(S(=O)(=O)c2cc(Cl)cc(Cl)c2)CC1. The average molecular weight is 365 g/mol. The summed E-state index contributed by atoms with van der Waals surface area (Å²) in [6, 6.07) is 6.57. The van der Waals surface area contributed by atoms with Crippen molar-refractivity contribution in [1.82, 2.24) is 4.31 Å². The summed E-state index contributed by atoms with van der Waals surface area (Å²) in [5.74, 6) is 0. The van der Waals surface area contributed by atoms with Gasteiger partial charge in [-0.05, 0) is 37.3 Å². The molecule has 0 spiro atoms. The molecule has 0 unspecified atom stereocenters. The number of piperidine rings is 1. The second-order valence-corrected chi connectivity index (χ2v) is 8.82. The third kappa shape index (κ3) is 3.49. The smallest absolute Gasteiger partial charge is 0.207 e. The quantitative estimate of drug-likeness (QED) is 0.824. The summed E-state index contributed by atoms with van der Waals surface area (Å²) in [5.41, 5.74) is 0. The summed E-state index contributed by atoms with van der Waals surface area (Å²) in [5, 5.41) is 9.82. The minimum Gasteiger partial charge on any atom is -0.207 e. The van der Waals surface area contributed by atoms with Crippen molar-refractivity contribution < 1.29 is 8.42 Å². The van der Waals surface area contributed by atoms with Gasteiger partial charge in [-0.2, -0.15) is 9.57 Å². The lowest BCUT2D eigenvalue weighted by atomic mass is 9.99. The Kier molecular flexibility index (Phi) is 5.11. The molecule has 0 aliphatic carbocycles. The van der Waals surface area contributed by atoms with E-state index < -0.39 is 14.8 Å². The van der Waals surface area contributed by atoms with Gasteiger partial charge >= 0.3 is 0 Å². The first-order valence-electron chi connectivity index (χ1n) is 6.26. The lowest BCUT2D eigenvalue weighted by Gasteiger charge is -2.35. The molecule has 21 heavy (non-hydrogen) atoms. The maximum atomic E-state index is 12.6. The maximum absolute atomic E-state index is 12.6. The predicted molar refractivity (Wildman–Crippen MR) is 86.3 cm³/mol. The van der Waals surface area contributed by atoms with Crippen LogP contribution in [0.2, 0.25) is 10.0 Å². The Morgan fingerprint density at radius 1 is 1.24 bits per heavy atom. The number of thioether (sulfide) groups is 1. The van der Waals surface area contributed by atoms with Gasteiger partial charge in [-0.1, -0.05) is 23.2 Å². The predicted octanol–water partition coefficient (Wildman–Crippen LogP) is 3.40. The first-order valence-corrected chi connectivity index (χ1v) is 9.68. The molecule has 0 bridgehead atoms. The molecule has 1 aliphatic heterocycles. The Morgan fingerprint density at radius 3 is 2.19 bits per heavy atom. The molecule has 1 aliphatic rings. The van der Waals surface area contributed by atoms with Crippen LogP contribution in [0.4, 0.5) is 0 Å². The lowest BCUT2D eigenvalue weighted by molar-refractivity contribution is 0.327. The van der Waals surface area contributed by atoms with Crippen molar-refractivity contribution in [2.75, 3.05) is 19.3 Å². The molecule has 114 valence electrons. The van der Waals surface area contributed by atoms with Crippen molar-refractivity contribution >= 4 is 45.0 Å². The number of rotatable bonds is 3. The molecule has 1 saturated heterocycles. The maximum Gasteiger partial charge on any atom is 0.243 e. The van der Waals surface area contributed by atoms with Crippen molar-refractivity contribution in [2.45, 2.75) is 22.5 Å². The molecule has 0 amide bonds. The zero-order valence-corrected chi connectivity index (χ0v) is 14.5. The monoisotopic (exact) mass is 364 g/mol. The Bertz CT molecular complexity index is 658. The van der Waals surface area contributed by atoms with Crippen molar-refractivity contribution in [3.8, 4) is 6.07 Å². The number of nitrogens with zero attached hydrogens (tertiary/aromatic N) is 2. The molecule has 8 heteroatoms. The number of sulfonamides is 1. The normalized spacial score (nSPS) is 19.1. The number of hydrogen-bond acceptors (Lipinski definition) is 4. The first-order chi connectivity index (χ1) is 9.83. The van der Waals surface area contributed by atoms with E-state index >= 15 is 0 Å². The summed E-state index contributed by atoms with van der Waals surface area (Å²) in [4.78, 5) is 0.0913. The topological polar surface area (TPSA) is 61.2 Å². The van der Waals surface area contributed by atoms with E-state index in [1.54, 1.807) is 0 Å².